The van der Waals surface area contributed by atoms with Crippen molar-refractivity contribution in [1.82, 2.24) is 4.90 Å². The van der Waals surface area contributed by atoms with Gasteiger partial charge in [0.25, 0.3) is 5.91 Å². The van der Waals surface area contributed by atoms with E-state index in [1.807, 2.05) is 0 Å². The van der Waals surface area contributed by atoms with E-state index >= 15 is 0 Å². The second-order valence-corrected chi connectivity index (χ2v) is 1.74. The van der Waals surface area contributed by atoms with Crippen molar-refractivity contribution in [3.05, 3.63) is 7.05 Å². The molecule has 0 aromatic rings. The van der Waals surface area contributed by atoms with Crippen LogP contribution >= 0.6 is 0 Å². The lowest BCUT2D eigenvalue weighted by Gasteiger charge is -2.01. The SMILES string of the molecule is [CH2]N1CCC(=O)C1=O. The van der Waals surface area contributed by atoms with Crippen LogP contribution in [0.1, 0.15) is 6.42 Å². The molecule has 0 saturated carbocycles. The Morgan fingerprint density at radius 2 is 2.12 bits per heavy atom. The first-order valence-electron chi connectivity index (χ1n) is 2.37. The average Bonchev–Trinajstić information content (AvgIpc) is 1.98. The van der Waals surface area contributed by atoms with Crippen molar-refractivity contribution in [2.45, 2.75) is 6.42 Å². The van der Waals surface area contributed by atoms with Crippen LogP contribution in [0, 0.1) is 7.05 Å². The first-order chi connectivity index (χ1) is 3.72. The van der Waals surface area contributed by atoms with E-state index in [0.29, 0.717) is 13.0 Å². The first-order valence-corrected chi connectivity index (χ1v) is 2.37. The number of likely N-dealkylation sites (tertiary alicyclic amines) is 1. The Morgan fingerprint density at radius 1 is 1.50 bits per heavy atom. The number of carbonyl (C=O) groups is 2. The minimum Gasteiger partial charge on any atom is -0.334 e. The molecule has 0 atom stereocenters. The van der Waals surface area contributed by atoms with Gasteiger partial charge in [0.15, 0.2) is 0 Å². The van der Waals surface area contributed by atoms with Gasteiger partial charge in [-0.1, -0.05) is 0 Å². The molecule has 1 aliphatic heterocycles. The zero-order chi connectivity index (χ0) is 6.15. The van der Waals surface area contributed by atoms with Crippen molar-refractivity contribution in [1.29, 1.82) is 0 Å². The molecule has 8 heavy (non-hydrogen) atoms. The molecule has 0 aliphatic carbocycles. The molecule has 0 unspecified atom stereocenters. The Hall–Kier alpha value is -0.860. The Bertz CT molecular complexity index is 141. The fourth-order valence-electron chi connectivity index (χ4n) is 0.621. The molecule has 0 aromatic carbocycles. The second-order valence-electron chi connectivity index (χ2n) is 1.74. The molecule has 1 radical (unpaired) electrons. The van der Waals surface area contributed by atoms with Gasteiger partial charge in [-0.2, -0.15) is 0 Å². The van der Waals surface area contributed by atoms with E-state index in [0.717, 1.165) is 0 Å². The van der Waals surface area contributed by atoms with Gasteiger partial charge in [0.2, 0.25) is 5.78 Å². The molecular formula is C5H6NO2. The van der Waals surface area contributed by atoms with Crippen LogP contribution in [-0.4, -0.2) is 23.1 Å². The molecule has 43 valence electrons. The summed E-state index contributed by atoms with van der Waals surface area (Å²) in [5.74, 6) is -0.773. The van der Waals surface area contributed by atoms with Gasteiger partial charge in [-0.15, -0.1) is 0 Å². The fraction of sp³-hybridized carbons (Fsp3) is 0.400. The summed E-state index contributed by atoms with van der Waals surface area (Å²) < 4.78 is 0. The Balaban J connectivity index is 2.71. The zero-order valence-corrected chi connectivity index (χ0v) is 4.39. The quantitative estimate of drug-likeness (QED) is 0.399. The number of hydrogen-bond acceptors (Lipinski definition) is 2. The van der Waals surface area contributed by atoms with Gasteiger partial charge in [-0.25, -0.2) is 0 Å². The molecule has 3 nitrogen and oxygen atoms in total. The van der Waals surface area contributed by atoms with E-state index in [-0.39, 0.29) is 5.78 Å². The van der Waals surface area contributed by atoms with Crippen LogP contribution in [0.25, 0.3) is 0 Å². The van der Waals surface area contributed by atoms with E-state index in [2.05, 4.69) is 7.05 Å². The maximum atomic E-state index is 10.4. The zero-order valence-electron chi connectivity index (χ0n) is 4.39. The standard InChI is InChI=1S/C5H6NO2/c1-6-3-2-4(7)5(6)8/h1-3H2. The molecule has 0 N–H and O–H groups in total. The monoisotopic (exact) mass is 112 g/mol. The van der Waals surface area contributed by atoms with Crippen LogP contribution in [-0.2, 0) is 9.59 Å². The summed E-state index contributed by atoms with van der Waals surface area (Å²) in [7, 11) is 3.33. The molecule has 1 aliphatic rings. The maximum absolute atomic E-state index is 10.4. The number of ketones is 1. The predicted octanol–water partition coefficient (Wildman–Crippen LogP) is -0.421. The Morgan fingerprint density at radius 3 is 2.25 bits per heavy atom. The number of carbonyl (C=O) groups excluding carboxylic acids is 2. The summed E-state index contributed by atoms with van der Waals surface area (Å²) >= 11 is 0. The summed E-state index contributed by atoms with van der Waals surface area (Å²) in [6.45, 7) is 0.484. The topological polar surface area (TPSA) is 37.4 Å². The molecule has 0 bridgehead atoms. The van der Waals surface area contributed by atoms with Gasteiger partial charge in [0.1, 0.15) is 0 Å². The van der Waals surface area contributed by atoms with Crippen LogP contribution in [0.5, 0.6) is 0 Å². The smallest absolute Gasteiger partial charge is 0.290 e. The minimum absolute atomic E-state index is 0.319. The van der Waals surface area contributed by atoms with E-state index < -0.39 is 5.91 Å². The van der Waals surface area contributed by atoms with Crippen molar-refractivity contribution < 1.29 is 9.59 Å². The van der Waals surface area contributed by atoms with Crippen molar-refractivity contribution in [2.75, 3.05) is 6.54 Å². The van der Waals surface area contributed by atoms with Gasteiger partial charge in [-0.05, 0) is 0 Å². The van der Waals surface area contributed by atoms with Crippen LogP contribution in [0.4, 0.5) is 0 Å². The van der Waals surface area contributed by atoms with Crippen LogP contribution < -0.4 is 0 Å². The molecule has 1 amide bonds. The Labute approximate surface area is 47.3 Å². The molecule has 3 heteroatoms. The lowest BCUT2D eigenvalue weighted by Crippen LogP contribution is -2.19. The summed E-state index contributed by atoms with van der Waals surface area (Å²) in [5.41, 5.74) is 0. The number of hydrogen-bond donors (Lipinski definition) is 0. The average molecular weight is 112 g/mol. The third-order valence-corrected chi connectivity index (χ3v) is 1.13. The normalized spacial score (nSPS) is 20.4. The highest BCUT2D eigenvalue weighted by atomic mass is 16.2. The number of nitrogens with zero attached hydrogens (tertiary/aromatic N) is 1. The van der Waals surface area contributed by atoms with E-state index in [9.17, 15) is 9.59 Å². The highest BCUT2D eigenvalue weighted by molar-refractivity contribution is 6.37. The van der Waals surface area contributed by atoms with E-state index in [4.69, 9.17) is 0 Å². The number of rotatable bonds is 0. The van der Waals surface area contributed by atoms with Gasteiger partial charge in [0.05, 0.1) is 0 Å². The lowest BCUT2D eigenvalue weighted by molar-refractivity contribution is -0.138. The first kappa shape index (κ1) is 5.28. The molecule has 0 aromatic heterocycles. The van der Waals surface area contributed by atoms with Gasteiger partial charge < -0.3 is 4.90 Å². The molecular weight excluding hydrogens is 106 g/mol. The largest absolute Gasteiger partial charge is 0.334 e. The van der Waals surface area contributed by atoms with Crippen molar-refractivity contribution in [2.24, 2.45) is 0 Å². The summed E-state index contributed by atoms with van der Waals surface area (Å²) in [6.07, 6.45) is 0.336. The lowest BCUT2D eigenvalue weighted by atomic mass is 10.3. The predicted molar refractivity (Wildman–Crippen MR) is 26.7 cm³/mol. The van der Waals surface area contributed by atoms with Crippen LogP contribution in [0.2, 0.25) is 0 Å². The third-order valence-electron chi connectivity index (χ3n) is 1.13. The van der Waals surface area contributed by atoms with Crippen molar-refractivity contribution >= 4 is 11.7 Å². The molecule has 1 rings (SSSR count). The number of Topliss-reactive ketones (excluding diaryl/α,β-unsaturated/α-hetero) is 1. The number of amides is 1. The van der Waals surface area contributed by atoms with Crippen molar-refractivity contribution in [3.8, 4) is 0 Å². The van der Waals surface area contributed by atoms with Crippen LogP contribution in [0.3, 0.4) is 0 Å². The third kappa shape index (κ3) is 0.598. The second kappa shape index (κ2) is 1.58. The fourth-order valence-corrected chi connectivity index (χ4v) is 0.621. The van der Waals surface area contributed by atoms with E-state index in [1.165, 1.54) is 4.90 Å². The Kier molecular flexibility index (Phi) is 1.04. The van der Waals surface area contributed by atoms with Gasteiger partial charge >= 0.3 is 0 Å². The molecule has 1 fully saturated rings. The molecule has 1 saturated heterocycles. The minimum atomic E-state index is -0.454. The maximum Gasteiger partial charge on any atom is 0.290 e. The molecule has 1 heterocycles. The summed E-state index contributed by atoms with van der Waals surface area (Å²) in [6, 6.07) is 0. The van der Waals surface area contributed by atoms with Crippen molar-refractivity contribution in [3.63, 3.8) is 0 Å². The highest BCUT2D eigenvalue weighted by Crippen LogP contribution is 2.02. The molecule has 0 spiro atoms. The summed E-state index contributed by atoms with van der Waals surface area (Å²) in [4.78, 5) is 22.0. The summed E-state index contributed by atoms with van der Waals surface area (Å²) in [5, 5.41) is 0. The van der Waals surface area contributed by atoms with Gasteiger partial charge in [-0.3, -0.25) is 9.59 Å². The van der Waals surface area contributed by atoms with E-state index in [1.54, 1.807) is 0 Å². The van der Waals surface area contributed by atoms with Gasteiger partial charge in [0, 0.05) is 20.0 Å². The van der Waals surface area contributed by atoms with Crippen LogP contribution in [0.15, 0.2) is 0 Å². The highest BCUT2D eigenvalue weighted by Gasteiger charge is 2.25.